The molecule has 3 nitrogen and oxygen atoms in total. The monoisotopic (exact) mass is 286 g/mol. The molecule has 0 fully saturated rings. The molecule has 0 atom stereocenters. The average molecular weight is 287 g/mol. The highest BCUT2D eigenvalue weighted by Crippen LogP contribution is 2.30. The third-order valence-corrected chi connectivity index (χ3v) is 2.74. The van der Waals surface area contributed by atoms with Crippen LogP contribution in [-0.4, -0.2) is 14.2 Å². The maximum absolute atomic E-state index is 6.07. The minimum atomic E-state index is 0. The van der Waals surface area contributed by atoms with Gasteiger partial charge in [0.15, 0.2) is 0 Å². The number of furan rings is 1. The smallest absolute Gasteiger partial charge is 0.137 e. The Balaban J connectivity index is 0.00000162. The topological polar surface area (TPSA) is 34.4 Å². The van der Waals surface area contributed by atoms with Crippen molar-refractivity contribution in [2.75, 3.05) is 14.2 Å². The van der Waals surface area contributed by atoms with E-state index in [0.717, 1.165) is 17.1 Å². The van der Waals surface area contributed by atoms with E-state index >= 15 is 0 Å². The van der Waals surface area contributed by atoms with Gasteiger partial charge in [0.25, 0.3) is 0 Å². The molecule has 18 heavy (non-hydrogen) atoms. The zero-order valence-electron chi connectivity index (χ0n) is 10.2. The highest BCUT2D eigenvalue weighted by atomic mass is 35.5. The maximum atomic E-state index is 6.07. The summed E-state index contributed by atoms with van der Waals surface area (Å²) in [6.07, 6.45) is 0. The fourth-order valence-electron chi connectivity index (χ4n) is 1.62. The van der Waals surface area contributed by atoms with Crippen LogP contribution in [0.25, 0.3) is 11.3 Å². The summed E-state index contributed by atoms with van der Waals surface area (Å²) in [6, 6.07) is 9.47. The van der Waals surface area contributed by atoms with E-state index in [0.29, 0.717) is 17.3 Å². The van der Waals surface area contributed by atoms with Crippen LogP contribution in [0.2, 0.25) is 5.02 Å². The lowest BCUT2D eigenvalue weighted by Gasteiger charge is -2.04. The molecule has 0 saturated heterocycles. The Hall–Kier alpha value is -1.16. The van der Waals surface area contributed by atoms with Gasteiger partial charge in [-0.1, -0.05) is 11.6 Å². The largest absolute Gasteiger partial charge is 1.00 e. The van der Waals surface area contributed by atoms with Crippen molar-refractivity contribution in [2.45, 2.75) is 6.54 Å². The van der Waals surface area contributed by atoms with Crippen LogP contribution < -0.4 is 22.5 Å². The van der Waals surface area contributed by atoms with E-state index in [1.807, 2.05) is 37.4 Å². The molecule has 0 unspecified atom stereocenters. The highest BCUT2D eigenvalue weighted by Gasteiger charge is 2.07. The molecule has 5 heteroatoms. The lowest BCUT2D eigenvalue weighted by atomic mass is 10.2. The van der Waals surface area contributed by atoms with Crippen molar-refractivity contribution in [3.63, 3.8) is 0 Å². The van der Waals surface area contributed by atoms with Gasteiger partial charge in [0.1, 0.15) is 17.3 Å². The number of rotatable bonds is 4. The second kappa shape index (κ2) is 6.69. The first kappa shape index (κ1) is 14.9. The molecule has 0 amide bonds. The van der Waals surface area contributed by atoms with Crippen molar-refractivity contribution in [1.82, 2.24) is 5.32 Å². The molecule has 0 spiro atoms. The Labute approximate surface area is 117 Å². The number of hydrogen-bond donors (Lipinski definition) is 1. The number of ether oxygens (including phenoxy) is 1. The lowest BCUT2D eigenvalue weighted by Crippen LogP contribution is -3.00. The Morgan fingerprint density at radius 1 is 1.28 bits per heavy atom. The molecule has 1 heterocycles. The summed E-state index contributed by atoms with van der Waals surface area (Å²) in [5, 5.41) is 3.62. The third kappa shape index (κ3) is 3.19. The highest BCUT2D eigenvalue weighted by molar-refractivity contribution is 6.32. The first-order chi connectivity index (χ1) is 8.24. The Kier molecular flexibility index (Phi) is 5.54. The van der Waals surface area contributed by atoms with E-state index in [2.05, 4.69) is 5.32 Å². The lowest BCUT2D eigenvalue weighted by molar-refractivity contribution is -0.00000427. The number of hydrogen-bond acceptors (Lipinski definition) is 3. The molecule has 0 radical (unpaired) electrons. The molecule has 0 saturated carbocycles. The van der Waals surface area contributed by atoms with Gasteiger partial charge in [0.05, 0.1) is 18.7 Å². The standard InChI is InChI=1S/C13H14ClNO2.ClH/c1-15-8-10-4-6-12(17-10)9-3-5-13(16-2)11(14)7-9;/h3-7,15H,8H2,1-2H3;1H/p-1. The van der Waals surface area contributed by atoms with Gasteiger partial charge in [-0.25, -0.2) is 0 Å². The van der Waals surface area contributed by atoms with Crippen molar-refractivity contribution >= 4 is 11.6 Å². The summed E-state index contributed by atoms with van der Waals surface area (Å²) < 4.78 is 10.8. The van der Waals surface area contributed by atoms with Crippen LogP contribution in [0.4, 0.5) is 0 Å². The number of methoxy groups -OCH3 is 1. The molecule has 1 aromatic carbocycles. The van der Waals surface area contributed by atoms with Crippen molar-refractivity contribution in [1.29, 1.82) is 0 Å². The summed E-state index contributed by atoms with van der Waals surface area (Å²) in [6.45, 7) is 0.712. The fourth-order valence-corrected chi connectivity index (χ4v) is 1.88. The van der Waals surface area contributed by atoms with Crippen LogP contribution in [-0.2, 0) is 6.54 Å². The van der Waals surface area contributed by atoms with Gasteiger partial charge < -0.3 is 26.9 Å². The molecular formula is C13H14Cl2NO2-. The van der Waals surface area contributed by atoms with E-state index in [4.69, 9.17) is 20.8 Å². The van der Waals surface area contributed by atoms with Crippen LogP contribution in [0.15, 0.2) is 34.7 Å². The normalized spacial score (nSPS) is 9.94. The van der Waals surface area contributed by atoms with Gasteiger partial charge in [-0.2, -0.15) is 0 Å². The Morgan fingerprint density at radius 2 is 2.06 bits per heavy atom. The molecule has 1 N–H and O–H groups in total. The Bertz CT molecular complexity index is 511. The molecule has 98 valence electrons. The van der Waals surface area contributed by atoms with Crippen molar-refractivity contribution in [3.05, 3.63) is 41.1 Å². The summed E-state index contributed by atoms with van der Waals surface area (Å²) in [5.41, 5.74) is 0.943. The summed E-state index contributed by atoms with van der Waals surface area (Å²) in [5.74, 6) is 2.37. The van der Waals surface area contributed by atoms with E-state index in [1.165, 1.54) is 0 Å². The zero-order valence-corrected chi connectivity index (χ0v) is 11.7. The van der Waals surface area contributed by atoms with Gasteiger partial charge in [-0.05, 0) is 37.4 Å². The van der Waals surface area contributed by atoms with Gasteiger partial charge in [0.2, 0.25) is 0 Å². The first-order valence-electron chi connectivity index (χ1n) is 5.32. The first-order valence-corrected chi connectivity index (χ1v) is 5.69. The van der Waals surface area contributed by atoms with Crippen molar-refractivity contribution in [2.24, 2.45) is 0 Å². The van der Waals surface area contributed by atoms with Crippen LogP contribution in [0.3, 0.4) is 0 Å². The van der Waals surface area contributed by atoms with Crippen LogP contribution in [0, 0.1) is 0 Å². The zero-order chi connectivity index (χ0) is 12.3. The van der Waals surface area contributed by atoms with Crippen molar-refractivity contribution < 1.29 is 21.6 Å². The Morgan fingerprint density at radius 3 is 2.67 bits per heavy atom. The minimum Gasteiger partial charge on any atom is -1.00 e. The molecule has 0 bridgehead atoms. The number of nitrogens with one attached hydrogen (secondary N) is 1. The molecule has 2 rings (SSSR count). The predicted molar refractivity (Wildman–Crippen MR) is 68.5 cm³/mol. The molecule has 1 aromatic heterocycles. The second-order valence-electron chi connectivity index (χ2n) is 3.65. The molecule has 0 aliphatic carbocycles. The van der Waals surface area contributed by atoms with Gasteiger partial charge in [-0.15, -0.1) is 0 Å². The predicted octanol–water partition coefficient (Wildman–Crippen LogP) is 0.332. The fraction of sp³-hybridized carbons (Fsp3) is 0.231. The van der Waals surface area contributed by atoms with E-state index in [9.17, 15) is 0 Å². The molecule has 0 aliphatic rings. The molecule has 2 aromatic rings. The quantitative estimate of drug-likeness (QED) is 0.880. The van der Waals surface area contributed by atoms with Crippen LogP contribution in [0.5, 0.6) is 5.75 Å². The summed E-state index contributed by atoms with van der Waals surface area (Å²) in [4.78, 5) is 0. The van der Waals surface area contributed by atoms with Gasteiger partial charge in [0, 0.05) is 5.56 Å². The van der Waals surface area contributed by atoms with Gasteiger partial charge >= 0.3 is 0 Å². The van der Waals surface area contributed by atoms with Crippen LogP contribution >= 0.6 is 11.6 Å². The van der Waals surface area contributed by atoms with Crippen LogP contribution in [0.1, 0.15) is 5.76 Å². The van der Waals surface area contributed by atoms with Crippen molar-refractivity contribution in [3.8, 4) is 17.1 Å². The van der Waals surface area contributed by atoms with E-state index < -0.39 is 0 Å². The minimum absolute atomic E-state index is 0. The van der Waals surface area contributed by atoms with E-state index in [-0.39, 0.29) is 12.4 Å². The molecule has 0 aliphatic heterocycles. The third-order valence-electron chi connectivity index (χ3n) is 2.45. The van der Waals surface area contributed by atoms with Gasteiger partial charge in [-0.3, -0.25) is 0 Å². The molecular weight excluding hydrogens is 273 g/mol. The second-order valence-corrected chi connectivity index (χ2v) is 4.05. The summed E-state index contributed by atoms with van der Waals surface area (Å²) >= 11 is 6.07. The maximum Gasteiger partial charge on any atom is 0.137 e. The average Bonchev–Trinajstić information content (AvgIpc) is 2.78. The number of halogens is 2. The number of benzene rings is 1. The summed E-state index contributed by atoms with van der Waals surface area (Å²) in [7, 11) is 3.48. The van der Waals surface area contributed by atoms with E-state index in [1.54, 1.807) is 7.11 Å². The SMILES string of the molecule is CNCc1ccc(-c2ccc(OC)c(Cl)c2)o1.[Cl-].